The fourth-order valence-electron chi connectivity index (χ4n) is 1.47. The van der Waals surface area contributed by atoms with Gasteiger partial charge >= 0.3 is 0 Å². The SMILES string of the molecule is COc1cc(Br)ccc1OCC(=O)N/N=C/c1ccco1. The number of benzene rings is 1. The molecule has 0 unspecified atom stereocenters. The molecule has 2 aromatic rings. The first-order valence-corrected chi connectivity index (χ1v) is 6.80. The number of ether oxygens (including phenoxy) is 2. The van der Waals surface area contributed by atoms with Gasteiger partial charge in [0.05, 0.1) is 19.6 Å². The van der Waals surface area contributed by atoms with E-state index in [1.54, 1.807) is 30.3 Å². The van der Waals surface area contributed by atoms with Crippen LogP contribution >= 0.6 is 15.9 Å². The average Bonchev–Trinajstić information content (AvgIpc) is 2.99. The van der Waals surface area contributed by atoms with Crippen LogP contribution in [0.1, 0.15) is 5.76 Å². The van der Waals surface area contributed by atoms with Crippen molar-refractivity contribution in [2.75, 3.05) is 13.7 Å². The molecule has 0 atom stereocenters. The van der Waals surface area contributed by atoms with Gasteiger partial charge in [0.15, 0.2) is 18.1 Å². The lowest BCUT2D eigenvalue weighted by Gasteiger charge is -2.09. The van der Waals surface area contributed by atoms with Crippen LogP contribution in [0.15, 0.2) is 50.6 Å². The van der Waals surface area contributed by atoms with Gasteiger partial charge in [-0.05, 0) is 30.3 Å². The van der Waals surface area contributed by atoms with Crippen molar-refractivity contribution in [2.45, 2.75) is 0 Å². The van der Waals surface area contributed by atoms with Crippen molar-refractivity contribution in [2.24, 2.45) is 5.10 Å². The van der Waals surface area contributed by atoms with Crippen LogP contribution in [0, 0.1) is 0 Å². The number of rotatable bonds is 6. The van der Waals surface area contributed by atoms with Crippen molar-refractivity contribution < 1.29 is 18.7 Å². The number of halogens is 1. The summed E-state index contributed by atoms with van der Waals surface area (Å²) in [7, 11) is 1.53. The molecular formula is C14H13BrN2O4. The van der Waals surface area contributed by atoms with E-state index in [2.05, 4.69) is 26.5 Å². The molecule has 0 aliphatic carbocycles. The molecule has 1 N–H and O–H groups in total. The van der Waals surface area contributed by atoms with Crippen molar-refractivity contribution in [3.63, 3.8) is 0 Å². The highest BCUT2D eigenvalue weighted by atomic mass is 79.9. The Bertz CT molecular complexity index is 626. The maximum atomic E-state index is 11.6. The van der Waals surface area contributed by atoms with E-state index in [0.29, 0.717) is 17.3 Å². The standard InChI is InChI=1S/C14H13BrN2O4/c1-19-13-7-10(15)4-5-12(13)21-9-14(18)17-16-8-11-3-2-6-20-11/h2-8H,9H2,1H3,(H,17,18)/b16-8+. The van der Waals surface area contributed by atoms with Gasteiger partial charge in [-0.3, -0.25) is 4.79 Å². The predicted octanol–water partition coefficient (Wildman–Crippen LogP) is 2.58. The third-order valence-corrected chi connectivity index (χ3v) is 2.90. The molecule has 1 heterocycles. The van der Waals surface area contributed by atoms with E-state index in [1.165, 1.54) is 19.6 Å². The number of nitrogens with one attached hydrogen (secondary N) is 1. The number of hydrogen-bond acceptors (Lipinski definition) is 5. The van der Waals surface area contributed by atoms with E-state index < -0.39 is 0 Å². The molecule has 110 valence electrons. The number of amides is 1. The van der Waals surface area contributed by atoms with E-state index in [9.17, 15) is 4.79 Å². The molecule has 0 spiro atoms. The van der Waals surface area contributed by atoms with Gasteiger partial charge < -0.3 is 13.9 Å². The zero-order chi connectivity index (χ0) is 15.1. The van der Waals surface area contributed by atoms with Crippen molar-refractivity contribution in [3.8, 4) is 11.5 Å². The highest BCUT2D eigenvalue weighted by molar-refractivity contribution is 9.10. The van der Waals surface area contributed by atoms with Crippen molar-refractivity contribution in [1.29, 1.82) is 0 Å². The predicted molar refractivity (Wildman–Crippen MR) is 80.6 cm³/mol. The highest BCUT2D eigenvalue weighted by Gasteiger charge is 2.07. The van der Waals surface area contributed by atoms with Crippen LogP contribution in [-0.2, 0) is 4.79 Å². The van der Waals surface area contributed by atoms with Gasteiger partial charge in [0, 0.05) is 4.47 Å². The second-order valence-electron chi connectivity index (χ2n) is 3.89. The van der Waals surface area contributed by atoms with E-state index in [-0.39, 0.29) is 12.5 Å². The Morgan fingerprint density at radius 3 is 3.00 bits per heavy atom. The smallest absolute Gasteiger partial charge is 0.277 e. The molecule has 1 aromatic carbocycles. The van der Waals surface area contributed by atoms with Gasteiger partial charge in [-0.2, -0.15) is 5.10 Å². The summed E-state index contributed by atoms with van der Waals surface area (Å²) in [5.74, 6) is 1.18. The molecule has 0 bridgehead atoms. The van der Waals surface area contributed by atoms with Crippen LogP contribution in [0.3, 0.4) is 0 Å². The minimum Gasteiger partial charge on any atom is -0.493 e. The molecule has 0 aliphatic heterocycles. The highest BCUT2D eigenvalue weighted by Crippen LogP contribution is 2.29. The van der Waals surface area contributed by atoms with E-state index in [1.807, 2.05) is 0 Å². The fourth-order valence-corrected chi connectivity index (χ4v) is 1.81. The number of carbonyl (C=O) groups excluding carboxylic acids is 1. The Balaban J connectivity index is 1.84. The third kappa shape index (κ3) is 4.64. The van der Waals surface area contributed by atoms with Gasteiger partial charge in [-0.25, -0.2) is 5.43 Å². The molecule has 0 fully saturated rings. The molecular weight excluding hydrogens is 340 g/mol. The van der Waals surface area contributed by atoms with E-state index in [0.717, 1.165) is 4.47 Å². The van der Waals surface area contributed by atoms with Gasteiger partial charge in [-0.1, -0.05) is 15.9 Å². The first kappa shape index (κ1) is 15.1. The molecule has 0 saturated carbocycles. The largest absolute Gasteiger partial charge is 0.493 e. The summed E-state index contributed by atoms with van der Waals surface area (Å²) in [5.41, 5.74) is 2.34. The third-order valence-electron chi connectivity index (χ3n) is 2.41. The topological polar surface area (TPSA) is 73.1 Å². The van der Waals surface area contributed by atoms with E-state index in [4.69, 9.17) is 13.9 Å². The summed E-state index contributed by atoms with van der Waals surface area (Å²) in [6, 6.07) is 8.71. The Kier molecular flexibility index (Phi) is 5.39. The zero-order valence-electron chi connectivity index (χ0n) is 11.2. The van der Waals surface area contributed by atoms with Gasteiger partial charge in [0.2, 0.25) is 0 Å². The van der Waals surface area contributed by atoms with Gasteiger partial charge in [0.25, 0.3) is 5.91 Å². The van der Waals surface area contributed by atoms with Crippen molar-refractivity contribution >= 4 is 28.1 Å². The number of nitrogens with zero attached hydrogens (tertiary/aromatic N) is 1. The normalized spacial score (nSPS) is 10.6. The second kappa shape index (κ2) is 7.49. The fraction of sp³-hybridized carbons (Fsp3) is 0.143. The minimum absolute atomic E-state index is 0.173. The minimum atomic E-state index is -0.386. The van der Waals surface area contributed by atoms with Crippen LogP contribution in [0.2, 0.25) is 0 Å². The molecule has 2 rings (SSSR count). The number of hydrogen-bond donors (Lipinski definition) is 1. The van der Waals surface area contributed by atoms with Crippen molar-refractivity contribution in [1.82, 2.24) is 5.43 Å². The Labute approximate surface area is 129 Å². The number of carbonyl (C=O) groups is 1. The average molecular weight is 353 g/mol. The number of methoxy groups -OCH3 is 1. The number of hydrazone groups is 1. The van der Waals surface area contributed by atoms with Crippen LogP contribution in [0.25, 0.3) is 0 Å². The lowest BCUT2D eigenvalue weighted by atomic mass is 10.3. The summed E-state index contributed by atoms with van der Waals surface area (Å²) in [6.07, 6.45) is 2.92. The van der Waals surface area contributed by atoms with Crippen LogP contribution in [0.5, 0.6) is 11.5 Å². The van der Waals surface area contributed by atoms with Crippen LogP contribution < -0.4 is 14.9 Å². The molecule has 1 aromatic heterocycles. The summed E-state index contributed by atoms with van der Waals surface area (Å²) in [4.78, 5) is 11.6. The van der Waals surface area contributed by atoms with Crippen LogP contribution in [0.4, 0.5) is 0 Å². The molecule has 21 heavy (non-hydrogen) atoms. The molecule has 0 radical (unpaired) electrons. The molecule has 6 nitrogen and oxygen atoms in total. The maximum absolute atomic E-state index is 11.6. The monoisotopic (exact) mass is 352 g/mol. The zero-order valence-corrected chi connectivity index (χ0v) is 12.8. The Morgan fingerprint density at radius 2 is 2.29 bits per heavy atom. The quantitative estimate of drug-likeness (QED) is 0.640. The summed E-state index contributed by atoms with van der Waals surface area (Å²) < 4.78 is 16.4. The van der Waals surface area contributed by atoms with Gasteiger partial charge in [0.1, 0.15) is 5.76 Å². The first-order valence-electron chi connectivity index (χ1n) is 6.01. The van der Waals surface area contributed by atoms with Crippen LogP contribution in [-0.4, -0.2) is 25.8 Å². The second-order valence-corrected chi connectivity index (χ2v) is 4.81. The summed E-state index contributed by atoms with van der Waals surface area (Å²) in [6.45, 7) is -0.173. The summed E-state index contributed by atoms with van der Waals surface area (Å²) in [5, 5.41) is 3.75. The van der Waals surface area contributed by atoms with Gasteiger partial charge in [-0.15, -0.1) is 0 Å². The molecule has 1 amide bonds. The molecule has 7 heteroatoms. The number of furan rings is 1. The summed E-state index contributed by atoms with van der Waals surface area (Å²) >= 11 is 3.33. The maximum Gasteiger partial charge on any atom is 0.277 e. The molecule has 0 aliphatic rings. The van der Waals surface area contributed by atoms with Crippen molar-refractivity contribution in [3.05, 3.63) is 46.8 Å². The first-order chi connectivity index (χ1) is 10.2. The molecule has 0 saturated heterocycles. The van der Waals surface area contributed by atoms with E-state index >= 15 is 0 Å². The lowest BCUT2D eigenvalue weighted by molar-refractivity contribution is -0.123. The lowest BCUT2D eigenvalue weighted by Crippen LogP contribution is -2.24. The Morgan fingerprint density at radius 1 is 1.43 bits per heavy atom. The Hall–Kier alpha value is -2.28.